The number of benzene rings is 4. The second-order valence-corrected chi connectivity index (χ2v) is 8.57. The summed E-state index contributed by atoms with van der Waals surface area (Å²) in [6.07, 6.45) is 0. The van der Waals surface area contributed by atoms with Gasteiger partial charge in [0, 0.05) is 27.6 Å². The Morgan fingerprint density at radius 1 is 0.706 bits per heavy atom. The molecule has 34 heavy (non-hydrogen) atoms. The van der Waals surface area contributed by atoms with Gasteiger partial charge < -0.3 is 9.15 Å². The van der Waals surface area contributed by atoms with Crippen molar-refractivity contribution in [2.24, 2.45) is 0 Å². The Hall–Kier alpha value is -4.37. The Kier molecular flexibility index (Phi) is 4.70. The van der Waals surface area contributed by atoms with Crippen LogP contribution in [0.5, 0.6) is 5.75 Å². The van der Waals surface area contributed by atoms with E-state index < -0.39 is 0 Å². The monoisotopic (exact) mass is 442 g/mol. The van der Waals surface area contributed by atoms with Crippen LogP contribution in [0.3, 0.4) is 0 Å². The van der Waals surface area contributed by atoms with Crippen LogP contribution in [-0.2, 0) is 4.79 Å². The quantitative estimate of drug-likeness (QED) is 0.164. The maximum Gasteiger partial charge on any atom is 0.344 e. The molecular weight excluding hydrogens is 420 g/mol. The zero-order valence-corrected chi connectivity index (χ0v) is 19.0. The summed E-state index contributed by atoms with van der Waals surface area (Å²) in [4.78, 5) is 13.5. The lowest BCUT2D eigenvalue weighted by atomic mass is 9.85. The number of carbonyl (C=O) groups is 1. The van der Waals surface area contributed by atoms with Gasteiger partial charge in [-0.1, -0.05) is 84.9 Å². The molecular formula is C31H22O3. The average Bonchev–Trinajstić information content (AvgIpc) is 3.41. The predicted octanol–water partition coefficient (Wildman–Crippen LogP) is 7.59. The summed E-state index contributed by atoms with van der Waals surface area (Å²) in [5.41, 5.74) is 7.92. The molecule has 0 saturated heterocycles. The second-order valence-electron chi connectivity index (χ2n) is 8.57. The highest BCUT2D eigenvalue weighted by atomic mass is 16.5. The van der Waals surface area contributed by atoms with E-state index in [-0.39, 0.29) is 5.97 Å². The first-order chi connectivity index (χ1) is 16.6. The first-order valence-electron chi connectivity index (χ1n) is 11.3. The lowest BCUT2D eigenvalue weighted by Crippen LogP contribution is -2.05. The fourth-order valence-corrected chi connectivity index (χ4v) is 4.90. The zero-order valence-electron chi connectivity index (χ0n) is 19.0. The van der Waals surface area contributed by atoms with Gasteiger partial charge >= 0.3 is 5.97 Å². The van der Waals surface area contributed by atoms with Crippen LogP contribution in [-0.4, -0.2) is 5.97 Å². The highest BCUT2D eigenvalue weighted by molar-refractivity contribution is 6.32. The molecule has 0 radical (unpaired) electrons. The third-order valence-corrected chi connectivity index (χ3v) is 6.41. The maximum absolute atomic E-state index is 13.5. The van der Waals surface area contributed by atoms with Crippen LogP contribution in [0.25, 0.3) is 33.4 Å². The normalized spacial score (nSPS) is 14.2. The van der Waals surface area contributed by atoms with Crippen molar-refractivity contribution in [1.82, 2.24) is 0 Å². The minimum atomic E-state index is -0.343. The highest BCUT2D eigenvalue weighted by Crippen LogP contribution is 2.48. The van der Waals surface area contributed by atoms with Crippen molar-refractivity contribution in [2.75, 3.05) is 0 Å². The average molecular weight is 443 g/mol. The molecule has 0 amide bonds. The maximum atomic E-state index is 13.5. The summed E-state index contributed by atoms with van der Waals surface area (Å²) in [5.74, 6) is 0.996. The molecule has 0 fully saturated rings. The molecule has 3 nitrogen and oxygen atoms in total. The van der Waals surface area contributed by atoms with Crippen LogP contribution < -0.4 is 4.74 Å². The van der Waals surface area contributed by atoms with Crippen LogP contribution in [0.4, 0.5) is 0 Å². The SMILES string of the molecule is Cc1cccc2c1/C(=C(\c1ccccc1)c1c(-c3ccccc3)oc3cccc(C)c13)C(=O)O2. The molecule has 0 N–H and O–H groups in total. The summed E-state index contributed by atoms with van der Waals surface area (Å²) in [6, 6.07) is 31.9. The van der Waals surface area contributed by atoms with E-state index in [0.29, 0.717) is 11.3 Å². The van der Waals surface area contributed by atoms with Crippen LogP contribution in [0.1, 0.15) is 27.8 Å². The van der Waals surface area contributed by atoms with Crippen molar-refractivity contribution in [2.45, 2.75) is 13.8 Å². The van der Waals surface area contributed by atoms with Gasteiger partial charge in [0.15, 0.2) is 0 Å². The molecule has 2 heterocycles. The van der Waals surface area contributed by atoms with Crippen LogP contribution in [0, 0.1) is 13.8 Å². The smallest absolute Gasteiger partial charge is 0.344 e. The van der Waals surface area contributed by atoms with Crippen molar-refractivity contribution in [3.63, 3.8) is 0 Å². The van der Waals surface area contributed by atoms with Gasteiger partial charge in [0.25, 0.3) is 0 Å². The number of hydrogen-bond acceptors (Lipinski definition) is 3. The standard InChI is InChI=1S/C31H22O3/c1-19-11-9-17-23-25(19)28(30(33-23)22-15-7-4-8-16-22)27(21-13-5-3-6-14-21)29-26-20(2)12-10-18-24(26)34-31(29)32/h3-18H,1-2H3/b29-27-. The number of aryl methyl sites for hydroxylation is 2. The van der Waals surface area contributed by atoms with E-state index in [1.165, 1.54) is 0 Å². The summed E-state index contributed by atoms with van der Waals surface area (Å²) in [5, 5.41) is 1.00. The third-order valence-electron chi connectivity index (χ3n) is 6.41. The second kappa shape index (κ2) is 7.89. The van der Waals surface area contributed by atoms with Gasteiger partial charge in [0.2, 0.25) is 0 Å². The van der Waals surface area contributed by atoms with Crippen molar-refractivity contribution >= 4 is 28.1 Å². The summed E-state index contributed by atoms with van der Waals surface area (Å²) in [7, 11) is 0. The molecule has 1 aliphatic rings. The van der Waals surface area contributed by atoms with Crippen molar-refractivity contribution < 1.29 is 13.9 Å². The largest absolute Gasteiger partial charge is 0.455 e. The first-order valence-corrected chi connectivity index (χ1v) is 11.3. The van der Waals surface area contributed by atoms with Gasteiger partial charge in [0.1, 0.15) is 17.1 Å². The van der Waals surface area contributed by atoms with Crippen molar-refractivity contribution in [1.29, 1.82) is 0 Å². The molecule has 1 aliphatic heterocycles. The fraction of sp³-hybridized carbons (Fsp3) is 0.0645. The van der Waals surface area contributed by atoms with E-state index in [9.17, 15) is 4.79 Å². The molecule has 0 bridgehead atoms. The highest BCUT2D eigenvalue weighted by Gasteiger charge is 2.35. The van der Waals surface area contributed by atoms with Gasteiger partial charge in [-0.2, -0.15) is 0 Å². The summed E-state index contributed by atoms with van der Waals surface area (Å²) >= 11 is 0. The zero-order chi connectivity index (χ0) is 23.2. The Balaban J connectivity index is 1.82. The third kappa shape index (κ3) is 3.09. The minimum Gasteiger partial charge on any atom is -0.455 e. The van der Waals surface area contributed by atoms with Gasteiger partial charge in [-0.05, 0) is 42.7 Å². The molecule has 0 aliphatic carbocycles. The number of furan rings is 1. The van der Waals surface area contributed by atoms with Crippen molar-refractivity contribution in [3.05, 3.63) is 125 Å². The fourth-order valence-electron chi connectivity index (χ4n) is 4.90. The Bertz CT molecular complexity index is 1590. The molecule has 0 unspecified atom stereocenters. The number of ether oxygens (including phenoxy) is 1. The Morgan fingerprint density at radius 3 is 2.15 bits per heavy atom. The molecule has 164 valence electrons. The van der Waals surface area contributed by atoms with E-state index in [2.05, 4.69) is 13.0 Å². The van der Waals surface area contributed by atoms with Gasteiger partial charge in [-0.25, -0.2) is 4.79 Å². The molecule has 0 atom stereocenters. The molecule has 1 aromatic heterocycles. The summed E-state index contributed by atoms with van der Waals surface area (Å²) in [6.45, 7) is 4.09. The van der Waals surface area contributed by atoms with Gasteiger partial charge in [0.05, 0.1) is 5.57 Å². The van der Waals surface area contributed by atoms with Crippen LogP contribution >= 0.6 is 0 Å². The van der Waals surface area contributed by atoms with E-state index >= 15 is 0 Å². The van der Waals surface area contributed by atoms with Crippen LogP contribution in [0.2, 0.25) is 0 Å². The van der Waals surface area contributed by atoms with E-state index in [0.717, 1.165) is 55.7 Å². The number of hydrogen-bond donors (Lipinski definition) is 0. The molecule has 4 aromatic carbocycles. The lowest BCUT2D eigenvalue weighted by molar-refractivity contribution is -0.126. The molecule has 6 rings (SSSR count). The number of carbonyl (C=O) groups excluding carboxylic acids is 1. The summed E-state index contributed by atoms with van der Waals surface area (Å²) < 4.78 is 12.3. The Morgan fingerprint density at radius 2 is 1.38 bits per heavy atom. The van der Waals surface area contributed by atoms with Gasteiger partial charge in [-0.3, -0.25) is 0 Å². The number of fused-ring (bicyclic) bond motifs is 2. The molecule has 0 saturated carbocycles. The molecule has 5 aromatic rings. The van der Waals surface area contributed by atoms with E-state index in [4.69, 9.17) is 9.15 Å². The first kappa shape index (κ1) is 20.3. The Labute approximate surface area is 197 Å². The topological polar surface area (TPSA) is 39.4 Å². The lowest BCUT2D eigenvalue weighted by Gasteiger charge is -2.14. The van der Waals surface area contributed by atoms with Crippen molar-refractivity contribution in [3.8, 4) is 17.1 Å². The molecule has 0 spiro atoms. The minimum absolute atomic E-state index is 0.343. The molecule has 3 heteroatoms. The number of rotatable bonds is 3. The van der Waals surface area contributed by atoms with Gasteiger partial charge in [-0.15, -0.1) is 0 Å². The number of esters is 1. The van der Waals surface area contributed by atoms with E-state index in [1.54, 1.807) is 0 Å². The van der Waals surface area contributed by atoms with E-state index in [1.807, 2.05) is 97.9 Å². The van der Waals surface area contributed by atoms with Crippen LogP contribution in [0.15, 0.2) is 101 Å². The predicted molar refractivity (Wildman–Crippen MR) is 136 cm³/mol.